The fourth-order valence-electron chi connectivity index (χ4n) is 13.4. The molecule has 0 radical (unpaired) electrons. The van der Waals surface area contributed by atoms with Gasteiger partial charge in [-0.2, -0.15) is 0 Å². The van der Waals surface area contributed by atoms with Crippen molar-refractivity contribution in [1.29, 1.82) is 0 Å². The summed E-state index contributed by atoms with van der Waals surface area (Å²) in [7, 11) is 0. The summed E-state index contributed by atoms with van der Waals surface area (Å²) in [6.07, 6.45) is 0. The largest absolute Gasteiger partial charge is 0.455 e. The summed E-state index contributed by atoms with van der Waals surface area (Å²) in [5, 5.41) is 4.82. The molecule has 10 aromatic carbocycles. The minimum absolute atomic E-state index is 0.0572. The number of fused-ring (bicyclic) bond motifs is 21. The summed E-state index contributed by atoms with van der Waals surface area (Å²) in [6.45, 7) is 6.76. The van der Waals surface area contributed by atoms with Crippen molar-refractivity contribution in [2.24, 2.45) is 0 Å². The third kappa shape index (κ3) is 4.76. The van der Waals surface area contributed by atoms with E-state index in [1.165, 1.54) is 115 Å². The van der Waals surface area contributed by atoms with Gasteiger partial charge >= 0.3 is 6.85 Å². The number of hydrogen-bond donors (Lipinski definition) is 0. The van der Waals surface area contributed by atoms with E-state index in [0.29, 0.717) is 0 Å². The third-order valence-corrected chi connectivity index (χ3v) is 17.3. The fourth-order valence-corrected chi connectivity index (χ4v) is 14.5. The monoisotopic (exact) mass is 910 g/mol. The van der Waals surface area contributed by atoms with E-state index >= 15 is 0 Å². The van der Waals surface area contributed by atoms with Gasteiger partial charge in [-0.25, -0.2) is 0 Å². The van der Waals surface area contributed by atoms with Crippen LogP contribution >= 0.6 is 11.3 Å². The Morgan fingerprint density at radius 1 is 0.486 bits per heavy atom. The molecule has 4 aliphatic rings. The predicted octanol–water partition coefficient (Wildman–Crippen LogP) is 16.3. The number of para-hydroxylation sites is 3. The van der Waals surface area contributed by atoms with Crippen molar-refractivity contribution in [2.45, 2.75) is 31.6 Å². The minimum atomic E-state index is -0.551. The van der Waals surface area contributed by atoms with E-state index in [1.807, 2.05) is 11.3 Å². The molecule has 3 nitrogen and oxygen atoms in total. The van der Waals surface area contributed by atoms with Crippen LogP contribution in [0.15, 0.2) is 211 Å². The number of rotatable bonds is 2. The van der Waals surface area contributed by atoms with Gasteiger partial charge in [0.15, 0.2) is 0 Å². The lowest BCUT2D eigenvalue weighted by atomic mass is 9.42. The van der Waals surface area contributed by atoms with Crippen molar-refractivity contribution < 1.29 is 4.42 Å². The average molecular weight is 911 g/mol. The van der Waals surface area contributed by atoms with Crippen LogP contribution in [0.3, 0.4) is 0 Å². The van der Waals surface area contributed by atoms with E-state index < -0.39 is 5.41 Å². The molecule has 0 amide bonds. The zero-order valence-electron chi connectivity index (χ0n) is 38.9. The van der Waals surface area contributed by atoms with Crippen LogP contribution < -0.4 is 20.6 Å². The molecule has 70 heavy (non-hydrogen) atoms. The molecular weight excluding hydrogens is 868 g/mol. The van der Waals surface area contributed by atoms with Crippen LogP contribution in [0.4, 0.5) is 28.4 Å². The summed E-state index contributed by atoms with van der Waals surface area (Å²) in [5.41, 5.74) is 23.8. The Bertz CT molecular complexity index is 4220. The zero-order valence-corrected chi connectivity index (χ0v) is 39.7. The highest BCUT2D eigenvalue weighted by atomic mass is 32.1. The number of anilines is 5. The van der Waals surface area contributed by atoms with Gasteiger partial charge in [0.25, 0.3) is 0 Å². The van der Waals surface area contributed by atoms with Crippen LogP contribution in [-0.2, 0) is 10.8 Å². The predicted molar refractivity (Wildman–Crippen MR) is 295 cm³/mol. The number of nitrogens with zero attached hydrogens (tertiary/aromatic N) is 2. The molecule has 0 saturated carbocycles. The van der Waals surface area contributed by atoms with Gasteiger partial charge in [0, 0.05) is 64.7 Å². The zero-order chi connectivity index (χ0) is 46.2. The molecule has 0 unspecified atom stereocenters. The maximum Gasteiger partial charge on any atom is 0.333 e. The summed E-state index contributed by atoms with van der Waals surface area (Å²) < 4.78 is 9.83. The summed E-state index contributed by atoms with van der Waals surface area (Å²) >= 11 is 1.89. The Hall–Kier alpha value is -8.12. The van der Waals surface area contributed by atoms with Crippen molar-refractivity contribution in [2.75, 3.05) is 9.71 Å². The normalized spacial score (nSPS) is 14.5. The molecule has 12 aromatic rings. The first kappa shape index (κ1) is 38.8. The van der Waals surface area contributed by atoms with Gasteiger partial charge in [-0.15, -0.1) is 11.3 Å². The van der Waals surface area contributed by atoms with Crippen molar-refractivity contribution in [1.82, 2.24) is 0 Å². The van der Waals surface area contributed by atoms with Gasteiger partial charge in [0.05, 0.1) is 16.8 Å². The van der Waals surface area contributed by atoms with Gasteiger partial charge in [0.1, 0.15) is 11.2 Å². The van der Waals surface area contributed by atoms with Crippen molar-refractivity contribution in [3.05, 3.63) is 234 Å². The lowest BCUT2D eigenvalue weighted by Crippen LogP contribution is -2.63. The van der Waals surface area contributed by atoms with E-state index in [0.717, 1.165) is 27.6 Å². The maximum absolute atomic E-state index is 7.26. The minimum Gasteiger partial charge on any atom is -0.455 e. The quantitative estimate of drug-likeness (QED) is 0.161. The van der Waals surface area contributed by atoms with Gasteiger partial charge < -0.3 is 14.1 Å². The molecule has 0 fully saturated rings. The number of furan rings is 1. The van der Waals surface area contributed by atoms with Crippen LogP contribution in [0.5, 0.6) is 0 Å². The van der Waals surface area contributed by atoms with E-state index in [2.05, 4.69) is 237 Å². The molecule has 0 atom stereocenters. The number of hydrogen-bond acceptors (Lipinski definition) is 4. The molecule has 5 heteroatoms. The SMILES string of the molecule is CC(C)(C)c1ccc(N2c3cc4c(oc5ccccc54)c4c3B(c3ccc5sc6ccccc6c5c32)N2c3ccccc3C3(c5ccccc5-c5ccccc53)c3cccc-4c32)c(-c2ccccc2)c1. The lowest BCUT2D eigenvalue weighted by molar-refractivity contribution is 0.590. The molecular formula is C65H43BN2OS. The first-order valence-electron chi connectivity index (χ1n) is 24.5. The van der Waals surface area contributed by atoms with E-state index in [-0.39, 0.29) is 12.3 Å². The third-order valence-electron chi connectivity index (χ3n) is 16.2. The Kier molecular flexibility index (Phi) is 7.52. The van der Waals surface area contributed by atoms with Crippen LogP contribution in [0, 0.1) is 0 Å². The molecule has 3 aliphatic heterocycles. The smallest absolute Gasteiger partial charge is 0.333 e. The summed E-state index contributed by atoms with van der Waals surface area (Å²) in [4.78, 5) is 5.41. The average Bonchev–Trinajstić information content (AvgIpc) is 4.07. The second kappa shape index (κ2) is 13.6. The van der Waals surface area contributed by atoms with Gasteiger partial charge in [0.2, 0.25) is 0 Å². The maximum atomic E-state index is 7.26. The molecule has 1 spiro atoms. The number of thiophene rings is 1. The first-order chi connectivity index (χ1) is 34.4. The molecule has 0 N–H and O–H groups in total. The lowest BCUT2D eigenvalue weighted by Gasteiger charge is -2.52. The van der Waals surface area contributed by atoms with Crippen molar-refractivity contribution >= 4 is 99.7 Å². The topological polar surface area (TPSA) is 19.6 Å². The Balaban J connectivity index is 1.12. The van der Waals surface area contributed by atoms with Gasteiger partial charge in [-0.05, 0) is 103 Å². The molecule has 1 aliphatic carbocycles. The van der Waals surface area contributed by atoms with Gasteiger partial charge in [-0.3, -0.25) is 0 Å². The standard InChI is InChI=1S/C65H43BN2OS/c1-64(2,3)39-32-34-52(45(36-39)38-18-5-4-6-19-38)67-54-37-46-42-22-9-15-30-55(42)69-63(46)59-44-24-17-28-50-61(44)68(66(60(54)59)51-33-35-57-58(62(51)67)43-23-10-16-31-56(43)70-57)53-29-14-13-27-49(53)65(50)47-25-11-7-20-40(47)41-21-8-12-26-48(41)65/h4-37H,1-3H3. The Morgan fingerprint density at radius 2 is 1.16 bits per heavy atom. The van der Waals surface area contributed by atoms with E-state index in [1.54, 1.807) is 0 Å². The van der Waals surface area contributed by atoms with Gasteiger partial charge in [-0.1, -0.05) is 185 Å². The molecule has 328 valence electrons. The van der Waals surface area contributed by atoms with Crippen molar-refractivity contribution in [3.63, 3.8) is 0 Å². The fraction of sp³-hybridized carbons (Fsp3) is 0.0769. The van der Waals surface area contributed by atoms with Crippen LogP contribution in [0.25, 0.3) is 75.5 Å². The molecule has 5 heterocycles. The van der Waals surface area contributed by atoms with Crippen molar-refractivity contribution in [3.8, 4) is 33.4 Å². The molecule has 2 aromatic heterocycles. The highest BCUT2D eigenvalue weighted by Gasteiger charge is 2.57. The molecule has 0 saturated heterocycles. The Morgan fingerprint density at radius 3 is 1.96 bits per heavy atom. The summed E-state index contributed by atoms with van der Waals surface area (Å²) in [6, 6.07) is 78.0. The highest BCUT2D eigenvalue weighted by Crippen LogP contribution is 2.65. The molecule has 16 rings (SSSR count). The highest BCUT2D eigenvalue weighted by molar-refractivity contribution is 7.26. The summed E-state index contributed by atoms with van der Waals surface area (Å²) in [5.74, 6) is 0. The van der Waals surface area contributed by atoms with Crippen LogP contribution in [0.1, 0.15) is 48.6 Å². The second-order valence-corrected chi connectivity index (χ2v) is 21.7. The van der Waals surface area contributed by atoms with Crippen LogP contribution in [0.2, 0.25) is 0 Å². The molecule has 0 bridgehead atoms. The van der Waals surface area contributed by atoms with Crippen LogP contribution in [-0.4, -0.2) is 6.85 Å². The Labute approximate surface area is 410 Å². The number of benzene rings is 10. The van der Waals surface area contributed by atoms with E-state index in [4.69, 9.17) is 4.42 Å². The second-order valence-electron chi connectivity index (χ2n) is 20.6. The van der Waals surface area contributed by atoms with E-state index in [9.17, 15) is 0 Å². The first-order valence-corrected chi connectivity index (χ1v) is 25.4.